The van der Waals surface area contributed by atoms with Gasteiger partial charge in [0, 0.05) is 6.54 Å². The SMILES string of the molecule is CCOC(=O)c1ncsc1NCCC1CCC(C)CC1. The first-order valence-electron chi connectivity index (χ1n) is 7.55. The first-order valence-corrected chi connectivity index (χ1v) is 8.43. The number of thiazole rings is 1. The number of ether oxygens (including phenoxy) is 1. The van der Waals surface area contributed by atoms with Crippen LogP contribution in [0.3, 0.4) is 0 Å². The van der Waals surface area contributed by atoms with Crippen LogP contribution in [0.5, 0.6) is 0 Å². The number of carbonyl (C=O) groups excluding carboxylic acids is 1. The number of esters is 1. The van der Waals surface area contributed by atoms with E-state index in [-0.39, 0.29) is 5.97 Å². The van der Waals surface area contributed by atoms with Gasteiger partial charge in [-0.05, 0) is 25.2 Å². The van der Waals surface area contributed by atoms with E-state index >= 15 is 0 Å². The molecule has 20 heavy (non-hydrogen) atoms. The normalized spacial score (nSPS) is 22.5. The molecular weight excluding hydrogens is 272 g/mol. The number of aromatic nitrogens is 1. The molecule has 1 saturated carbocycles. The highest BCUT2D eigenvalue weighted by Crippen LogP contribution is 2.30. The van der Waals surface area contributed by atoms with Crippen molar-refractivity contribution in [3.8, 4) is 0 Å². The van der Waals surface area contributed by atoms with Gasteiger partial charge in [-0.25, -0.2) is 9.78 Å². The van der Waals surface area contributed by atoms with Gasteiger partial charge in [-0.2, -0.15) is 0 Å². The predicted molar refractivity (Wildman–Crippen MR) is 82.3 cm³/mol. The molecule has 0 amide bonds. The topological polar surface area (TPSA) is 51.2 Å². The van der Waals surface area contributed by atoms with Crippen LogP contribution < -0.4 is 5.32 Å². The zero-order valence-electron chi connectivity index (χ0n) is 12.4. The summed E-state index contributed by atoms with van der Waals surface area (Å²) in [6, 6.07) is 0. The first-order chi connectivity index (χ1) is 9.70. The molecule has 1 aliphatic carbocycles. The van der Waals surface area contributed by atoms with E-state index in [9.17, 15) is 4.79 Å². The standard InChI is InChI=1S/C15H24N2O2S/c1-3-19-15(18)13-14(20-10-17-13)16-9-8-12-6-4-11(2)5-7-12/h10-12,16H,3-9H2,1-2H3. The number of hydrogen-bond donors (Lipinski definition) is 1. The van der Waals surface area contributed by atoms with E-state index in [1.165, 1.54) is 43.4 Å². The summed E-state index contributed by atoms with van der Waals surface area (Å²) in [5, 5.41) is 4.19. The molecule has 0 aliphatic heterocycles. The van der Waals surface area contributed by atoms with Gasteiger partial charge < -0.3 is 10.1 Å². The van der Waals surface area contributed by atoms with Gasteiger partial charge in [0.2, 0.25) is 0 Å². The highest BCUT2D eigenvalue weighted by molar-refractivity contribution is 7.14. The van der Waals surface area contributed by atoms with Gasteiger partial charge in [0.25, 0.3) is 0 Å². The highest BCUT2D eigenvalue weighted by atomic mass is 32.1. The molecule has 2 rings (SSSR count). The first kappa shape index (κ1) is 15.3. The Bertz CT molecular complexity index is 425. The van der Waals surface area contributed by atoms with E-state index in [2.05, 4.69) is 17.2 Å². The number of anilines is 1. The second-order valence-electron chi connectivity index (χ2n) is 5.59. The van der Waals surface area contributed by atoms with Gasteiger partial charge in [0.05, 0.1) is 12.1 Å². The van der Waals surface area contributed by atoms with Crippen molar-refractivity contribution < 1.29 is 9.53 Å². The average molecular weight is 296 g/mol. The van der Waals surface area contributed by atoms with E-state index in [4.69, 9.17) is 4.74 Å². The molecule has 0 atom stereocenters. The summed E-state index contributed by atoms with van der Waals surface area (Å²) in [6.07, 6.45) is 6.58. The Balaban J connectivity index is 1.77. The van der Waals surface area contributed by atoms with Crippen LogP contribution in [0.1, 0.15) is 56.4 Å². The zero-order valence-corrected chi connectivity index (χ0v) is 13.2. The number of rotatable bonds is 6. The quantitative estimate of drug-likeness (QED) is 0.808. The summed E-state index contributed by atoms with van der Waals surface area (Å²) in [6.45, 7) is 5.45. The third-order valence-electron chi connectivity index (χ3n) is 4.01. The van der Waals surface area contributed by atoms with E-state index in [1.807, 2.05) is 0 Å². The van der Waals surface area contributed by atoms with Gasteiger partial charge >= 0.3 is 5.97 Å². The van der Waals surface area contributed by atoms with Gasteiger partial charge in [0.15, 0.2) is 5.69 Å². The van der Waals surface area contributed by atoms with E-state index < -0.39 is 0 Å². The number of hydrogen-bond acceptors (Lipinski definition) is 5. The van der Waals surface area contributed by atoms with Gasteiger partial charge in [0.1, 0.15) is 5.00 Å². The lowest BCUT2D eigenvalue weighted by Gasteiger charge is -2.26. The molecule has 1 heterocycles. The molecule has 1 aromatic rings. The van der Waals surface area contributed by atoms with E-state index in [0.29, 0.717) is 12.3 Å². The van der Waals surface area contributed by atoms with Crippen LogP contribution in [0.4, 0.5) is 5.00 Å². The lowest BCUT2D eigenvalue weighted by Crippen LogP contribution is -2.16. The van der Waals surface area contributed by atoms with Crippen LogP contribution in [0, 0.1) is 11.8 Å². The maximum Gasteiger partial charge on any atom is 0.360 e. The molecule has 4 nitrogen and oxygen atoms in total. The van der Waals surface area contributed by atoms with E-state index in [1.54, 1.807) is 12.4 Å². The van der Waals surface area contributed by atoms with Crippen LogP contribution in [0.25, 0.3) is 0 Å². The minimum Gasteiger partial charge on any atom is -0.461 e. The van der Waals surface area contributed by atoms with Crippen LogP contribution in [0.2, 0.25) is 0 Å². The predicted octanol–water partition coefficient (Wildman–Crippen LogP) is 3.95. The Morgan fingerprint density at radius 2 is 2.20 bits per heavy atom. The molecule has 1 aliphatic rings. The van der Waals surface area contributed by atoms with Gasteiger partial charge in [-0.3, -0.25) is 0 Å². The zero-order chi connectivity index (χ0) is 14.4. The van der Waals surface area contributed by atoms with Crippen molar-refractivity contribution in [2.24, 2.45) is 11.8 Å². The van der Waals surface area contributed by atoms with Crippen molar-refractivity contribution in [2.75, 3.05) is 18.5 Å². The number of nitrogens with zero attached hydrogens (tertiary/aromatic N) is 1. The number of nitrogens with one attached hydrogen (secondary N) is 1. The van der Waals surface area contributed by atoms with Crippen molar-refractivity contribution in [3.63, 3.8) is 0 Å². The maximum absolute atomic E-state index is 11.7. The van der Waals surface area contributed by atoms with Crippen molar-refractivity contribution in [1.29, 1.82) is 0 Å². The lowest BCUT2D eigenvalue weighted by atomic mass is 9.81. The fourth-order valence-corrected chi connectivity index (χ4v) is 3.42. The molecule has 1 fully saturated rings. The van der Waals surface area contributed by atoms with Crippen LogP contribution in [-0.2, 0) is 4.74 Å². The summed E-state index contributed by atoms with van der Waals surface area (Å²) in [7, 11) is 0. The van der Waals surface area contributed by atoms with Crippen LogP contribution >= 0.6 is 11.3 Å². The molecule has 0 spiro atoms. The maximum atomic E-state index is 11.7. The third kappa shape index (κ3) is 4.20. The molecule has 5 heteroatoms. The van der Waals surface area contributed by atoms with Crippen molar-refractivity contribution in [3.05, 3.63) is 11.2 Å². The summed E-state index contributed by atoms with van der Waals surface area (Å²) in [5.74, 6) is 1.40. The van der Waals surface area contributed by atoms with Crippen molar-refractivity contribution >= 4 is 22.3 Å². The molecule has 112 valence electrons. The largest absolute Gasteiger partial charge is 0.461 e. The van der Waals surface area contributed by atoms with Gasteiger partial charge in [-0.1, -0.05) is 32.6 Å². The Kier molecular flexibility index (Phi) is 5.83. The molecule has 1 N–H and O–H groups in total. The molecule has 0 unspecified atom stereocenters. The molecule has 0 radical (unpaired) electrons. The van der Waals surface area contributed by atoms with Crippen molar-refractivity contribution in [2.45, 2.75) is 46.0 Å². The second-order valence-corrected chi connectivity index (χ2v) is 6.45. The summed E-state index contributed by atoms with van der Waals surface area (Å²) in [4.78, 5) is 15.8. The minimum absolute atomic E-state index is 0.331. The smallest absolute Gasteiger partial charge is 0.360 e. The molecular formula is C15H24N2O2S. The average Bonchev–Trinajstić information content (AvgIpc) is 2.90. The fourth-order valence-electron chi connectivity index (χ4n) is 2.72. The number of carbonyl (C=O) groups is 1. The third-order valence-corrected chi connectivity index (χ3v) is 4.79. The van der Waals surface area contributed by atoms with Gasteiger partial charge in [-0.15, -0.1) is 11.3 Å². The Morgan fingerprint density at radius 1 is 1.45 bits per heavy atom. The highest BCUT2D eigenvalue weighted by Gasteiger charge is 2.19. The lowest BCUT2D eigenvalue weighted by molar-refractivity contribution is 0.0521. The Hall–Kier alpha value is -1.10. The Morgan fingerprint density at radius 3 is 2.90 bits per heavy atom. The van der Waals surface area contributed by atoms with Crippen LogP contribution in [0.15, 0.2) is 5.51 Å². The molecule has 0 saturated heterocycles. The Labute approximate surface area is 124 Å². The van der Waals surface area contributed by atoms with E-state index in [0.717, 1.165) is 23.4 Å². The molecule has 0 bridgehead atoms. The molecule has 1 aromatic heterocycles. The minimum atomic E-state index is -0.331. The monoisotopic (exact) mass is 296 g/mol. The summed E-state index contributed by atoms with van der Waals surface area (Å²) < 4.78 is 5.00. The summed E-state index contributed by atoms with van der Waals surface area (Å²) in [5.41, 5.74) is 2.12. The fraction of sp³-hybridized carbons (Fsp3) is 0.733. The molecule has 0 aromatic carbocycles. The van der Waals surface area contributed by atoms with Crippen molar-refractivity contribution in [1.82, 2.24) is 4.98 Å². The summed E-state index contributed by atoms with van der Waals surface area (Å²) >= 11 is 1.47. The second kappa shape index (κ2) is 7.62. The van der Waals surface area contributed by atoms with Crippen LogP contribution in [-0.4, -0.2) is 24.1 Å².